The Kier molecular flexibility index (Phi) is 5.78. The van der Waals surface area contributed by atoms with Crippen LogP contribution in [0.1, 0.15) is 18.1 Å². The summed E-state index contributed by atoms with van der Waals surface area (Å²) in [6.45, 7) is 2.46. The van der Waals surface area contributed by atoms with Crippen LogP contribution in [-0.4, -0.2) is 25.7 Å². The van der Waals surface area contributed by atoms with Gasteiger partial charge < -0.3 is 14.2 Å². The number of methoxy groups -OCH3 is 2. The van der Waals surface area contributed by atoms with E-state index < -0.39 is 4.92 Å². The molecule has 0 aliphatic carbocycles. The van der Waals surface area contributed by atoms with Gasteiger partial charge in [-0.1, -0.05) is 18.2 Å². The van der Waals surface area contributed by atoms with Gasteiger partial charge in [0.05, 0.1) is 25.7 Å². The van der Waals surface area contributed by atoms with Gasteiger partial charge in [-0.2, -0.15) is 0 Å². The number of benzene rings is 2. The van der Waals surface area contributed by atoms with Crippen molar-refractivity contribution in [2.24, 2.45) is 0 Å². The second-order valence-electron chi connectivity index (χ2n) is 4.90. The maximum absolute atomic E-state index is 11.1. The summed E-state index contributed by atoms with van der Waals surface area (Å²) in [7, 11) is 2.99. The Morgan fingerprint density at radius 2 is 1.71 bits per heavy atom. The van der Waals surface area contributed by atoms with E-state index in [0.29, 0.717) is 23.7 Å². The smallest absolute Gasteiger partial charge is 0.311 e. The first-order chi connectivity index (χ1) is 11.6. The van der Waals surface area contributed by atoms with Crippen LogP contribution in [0.15, 0.2) is 36.4 Å². The Hall–Kier alpha value is -3.02. The van der Waals surface area contributed by atoms with Gasteiger partial charge in [0.2, 0.25) is 0 Å². The molecule has 0 spiro atoms. The Bertz CT molecular complexity index is 755. The summed E-state index contributed by atoms with van der Waals surface area (Å²) in [4.78, 5) is 10.6. The van der Waals surface area contributed by atoms with Gasteiger partial charge in [0.1, 0.15) is 11.5 Å². The van der Waals surface area contributed by atoms with Gasteiger partial charge in [0.15, 0.2) is 5.75 Å². The van der Waals surface area contributed by atoms with Gasteiger partial charge in [0.25, 0.3) is 0 Å². The van der Waals surface area contributed by atoms with E-state index in [9.17, 15) is 10.1 Å². The van der Waals surface area contributed by atoms with Crippen LogP contribution in [0.2, 0.25) is 0 Å². The summed E-state index contributed by atoms with van der Waals surface area (Å²) < 4.78 is 15.8. The van der Waals surface area contributed by atoms with Crippen LogP contribution in [0.25, 0.3) is 12.2 Å². The fourth-order valence-electron chi connectivity index (χ4n) is 2.20. The first-order valence-electron chi connectivity index (χ1n) is 7.39. The van der Waals surface area contributed by atoms with Crippen molar-refractivity contribution in [1.29, 1.82) is 0 Å². The largest absolute Gasteiger partial charge is 0.497 e. The van der Waals surface area contributed by atoms with E-state index >= 15 is 0 Å². The zero-order valence-electron chi connectivity index (χ0n) is 13.8. The van der Waals surface area contributed by atoms with Gasteiger partial charge in [-0.15, -0.1) is 0 Å². The van der Waals surface area contributed by atoms with E-state index in [-0.39, 0.29) is 11.4 Å². The molecular formula is C18H19NO5. The molecule has 0 fully saturated rings. The number of rotatable bonds is 7. The molecule has 0 saturated carbocycles. The van der Waals surface area contributed by atoms with Crippen LogP contribution in [-0.2, 0) is 0 Å². The van der Waals surface area contributed by atoms with E-state index in [2.05, 4.69) is 0 Å². The minimum absolute atomic E-state index is 0.0692. The molecule has 2 aromatic rings. The highest BCUT2D eigenvalue weighted by molar-refractivity contribution is 5.72. The summed E-state index contributed by atoms with van der Waals surface area (Å²) >= 11 is 0. The van der Waals surface area contributed by atoms with Crippen LogP contribution >= 0.6 is 0 Å². The SMILES string of the molecule is CCOc1cc(/C=C\c2ccc(OC)c([N+](=O)[O-])c2)cc(OC)c1. The van der Waals surface area contributed by atoms with Crippen molar-refractivity contribution in [1.82, 2.24) is 0 Å². The molecule has 6 nitrogen and oxygen atoms in total. The molecular weight excluding hydrogens is 310 g/mol. The minimum Gasteiger partial charge on any atom is -0.497 e. The van der Waals surface area contributed by atoms with Crippen molar-refractivity contribution in [3.05, 3.63) is 57.6 Å². The molecule has 0 bridgehead atoms. The van der Waals surface area contributed by atoms with Gasteiger partial charge in [0, 0.05) is 12.1 Å². The fraction of sp³-hybridized carbons (Fsp3) is 0.222. The molecule has 0 amide bonds. The molecule has 24 heavy (non-hydrogen) atoms. The number of ether oxygens (including phenoxy) is 3. The highest BCUT2D eigenvalue weighted by Crippen LogP contribution is 2.29. The molecule has 126 valence electrons. The van der Waals surface area contributed by atoms with Crippen molar-refractivity contribution in [3.8, 4) is 17.2 Å². The summed E-state index contributed by atoms with van der Waals surface area (Å²) in [5.41, 5.74) is 1.50. The third-order valence-electron chi connectivity index (χ3n) is 3.32. The van der Waals surface area contributed by atoms with Gasteiger partial charge >= 0.3 is 5.69 Å². The number of nitro groups is 1. The molecule has 0 heterocycles. The fourth-order valence-corrected chi connectivity index (χ4v) is 2.20. The van der Waals surface area contributed by atoms with E-state index in [4.69, 9.17) is 14.2 Å². The Labute approximate surface area is 140 Å². The highest BCUT2D eigenvalue weighted by Gasteiger charge is 2.14. The van der Waals surface area contributed by atoms with E-state index in [1.807, 2.05) is 25.1 Å². The lowest BCUT2D eigenvalue weighted by Gasteiger charge is -2.07. The summed E-state index contributed by atoms with van der Waals surface area (Å²) in [6.07, 6.45) is 3.63. The minimum atomic E-state index is -0.463. The van der Waals surface area contributed by atoms with Gasteiger partial charge in [-0.3, -0.25) is 10.1 Å². The van der Waals surface area contributed by atoms with E-state index in [1.54, 1.807) is 31.4 Å². The van der Waals surface area contributed by atoms with Crippen LogP contribution in [0.5, 0.6) is 17.2 Å². The quantitative estimate of drug-likeness (QED) is 0.433. The van der Waals surface area contributed by atoms with Gasteiger partial charge in [-0.25, -0.2) is 0 Å². The molecule has 2 aromatic carbocycles. The molecule has 0 aliphatic heterocycles. The maximum Gasteiger partial charge on any atom is 0.311 e. The lowest BCUT2D eigenvalue weighted by Crippen LogP contribution is -1.94. The van der Waals surface area contributed by atoms with E-state index in [0.717, 1.165) is 5.56 Å². The lowest BCUT2D eigenvalue weighted by molar-refractivity contribution is -0.385. The van der Waals surface area contributed by atoms with Gasteiger partial charge in [-0.05, 0) is 36.2 Å². The molecule has 0 atom stereocenters. The first-order valence-corrected chi connectivity index (χ1v) is 7.39. The molecule has 0 N–H and O–H groups in total. The Morgan fingerprint density at radius 3 is 2.33 bits per heavy atom. The Morgan fingerprint density at radius 1 is 1.00 bits per heavy atom. The monoisotopic (exact) mass is 329 g/mol. The maximum atomic E-state index is 11.1. The molecule has 0 unspecified atom stereocenters. The third kappa shape index (κ3) is 4.25. The number of hydrogen-bond donors (Lipinski definition) is 0. The lowest BCUT2D eigenvalue weighted by atomic mass is 10.1. The summed E-state index contributed by atoms with van der Waals surface area (Å²) in [5.74, 6) is 1.62. The molecule has 2 rings (SSSR count). The predicted molar refractivity (Wildman–Crippen MR) is 92.7 cm³/mol. The average molecular weight is 329 g/mol. The van der Waals surface area contributed by atoms with Crippen LogP contribution in [0.4, 0.5) is 5.69 Å². The zero-order chi connectivity index (χ0) is 17.5. The molecule has 0 aliphatic rings. The van der Waals surface area contributed by atoms with Crippen molar-refractivity contribution in [2.45, 2.75) is 6.92 Å². The summed E-state index contributed by atoms with van der Waals surface area (Å²) in [5, 5.41) is 11.1. The normalized spacial score (nSPS) is 10.6. The second-order valence-corrected chi connectivity index (χ2v) is 4.90. The standard InChI is InChI=1S/C18H19NO5/c1-4-24-16-10-14(9-15(12-16)22-2)6-5-13-7-8-18(23-3)17(11-13)19(20)21/h5-12H,4H2,1-3H3/b6-5-. The Balaban J connectivity index is 2.32. The molecule has 0 radical (unpaired) electrons. The van der Waals surface area contributed by atoms with E-state index in [1.165, 1.54) is 13.2 Å². The highest BCUT2D eigenvalue weighted by atomic mass is 16.6. The molecule has 6 heteroatoms. The topological polar surface area (TPSA) is 70.8 Å². The zero-order valence-corrected chi connectivity index (χ0v) is 13.8. The number of nitro benzene ring substituents is 1. The number of nitrogens with zero attached hydrogens (tertiary/aromatic N) is 1. The second kappa shape index (κ2) is 8.01. The average Bonchev–Trinajstić information content (AvgIpc) is 2.59. The van der Waals surface area contributed by atoms with Crippen molar-refractivity contribution >= 4 is 17.8 Å². The van der Waals surface area contributed by atoms with Crippen LogP contribution < -0.4 is 14.2 Å². The van der Waals surface area contributed by atoms with Crippen LogP contribution in [0.3, 0.4) is 0 Å². The van der Waals surface area contributed by atoms with Crippen molar-refractivity contribution < 1.29 is 19.1 Å². The molecule has 0 saturated heterocycles. The molecule has 0 aromatic heterocycles. The first kappa shape index (κ1) is 17.3. The number of hydrogen-bond acceptors (Lipinski definition) is 5. The predicted octanol–water partition coefficient (Wildman–Crippen LogP) is 4.18. The van der Waals surface area contributed by atoms with Crippen molar-refractivity contribution in [3.63, 3.8) is 0 Å². The third-order valence-corrected chi connectivity index (χ3v) is 3.32. The summed E-state index contributed by atoms with van der Waals surface area (Å²) in [6, 6.07) is 10.3. The van der Waals surface area contributed by atoms with Crippen LogP contribution in [0, 0.1) is 10.1 Å². The van der Waals surface area contributed by atoms with Crippen molar-refractivity contribution in [2.75, 3.05) is 20.8 Å².